The summed E-state index contributed by atoms with van der Waals surface area (Å²) in [5.41, 5.74) is -0.0543. The number of nitrogens with one attached hydrogen (secondary N) is 1. The molecule has 150 valence electrons. The SMILES string of the molecule is O=C(NC1CCN(C(=O)C23CC4CC(CC(C4)C2)C3)CC1)Oc1ccccc1. The van der Waals surface area contributed by atoms with Crippen molar-refractivity contribution in [1.29, 1.82) is 0 Å². The van der Waals surface area contributed by atoms with Crippen LogP contribution in [0.4, 0.5) is 4.79 Å². The summed E-state index contributed by atoms with van der Waals surface area (Å²) in [6.45, 7) is 1.49. The van der Waals surface area contributed by atoms with Gasteiger partial charge >= 0.3 is 6.09 Å². The lowest BCUT2D eigenvalue weighted by Gasteiger charge is -2.57. The predicted octanol–water partition coefficient (Wildman–Crippen LogP) is 3.98. The smallest absolute Gasteiger partial charge is 0.410 e. The summed E-state index contributed by atoms with van der Waals surface area (Å²) in [5, 5.41) is 2.96. The van der Waals surface area contributed by atoms with Crippen molar-refractivity contribution in [3.05, 3.63) is 30.3 Å². The molecular weight excluding hydrogens is 352 g/mol. The molecule has 5 fully saturated rings. The molecule has 5 nitrogen and oxygen atoms in total. The Morgan fingerprint density at radius 3 is 2.07 bits per heavy atom. The van der Waals surface area contributed by atoms with E-state index in [0.717, 1.165) is 62.9 Å². The zero-order valence-corrected chi connectivity index (χ0v) is 16.4. The molecule has 2 amide bonds. The van der Waals surface area contributed by atoms with E-state index in [1.54, 1.807) is 12.1 Å². The fourth-order valence-corrected chi connectivity index (χ4v) is 6.73. The van der Waals surface area contributed by atoms with Gasteiger partial charge in [0.1, 0.15) is 5.75 Å². The first-order valence-electron chi connectivity index (χ1n) is 10.9. The van der Waals surface area contributed by atoms with Gasteiger partial charge < -0.3 is 15.0 Å². The largest absolute Gasteiger partial charge is 0.412 e. The van der Waals surface area contributed by atoms with Crippen LogP contribution < -0.4 is 10.1 Å². The van der Waals surface area contributed by atoms with E-state index in [4.69, 9.17) is 4.74 Å². The molecule has 1 saturated heterocycles. The lowest BCUT2D eigenvalue weighted by Crippen LogP contribution is -2.57. The fourth-order valence-electron chi connectivity index (χ4n) is 6.73. The fraction of sp³-hybridized carbons (Fsp3) is 0.652. The van der Waals surface area contributed by atoms with Gasteiger partial charge in [0.15, 0.2) is 0 Å². The van der Waals surface area contributed by atoms with Crippen molar-refractivity contribution < 1.29 is 14.3 Å². The molecule has 1 aromatic carbocycles. The summed E-state index contributed by atoms with van der Waals surface area (Å²) >= 11 is 0. The molecule has 0 unspecified atom stereocenters. The number of amides is 2. The van der Waals surface area contributed by atoms with Crippen LogP contribution >= 0.6 is 0 Å². The number of ether oxygens (including phenoxy) is 1. The number of rotatable bonds is 3. The van der Waals surface area contributed by atoms with Crippen LogP contribution in [0.25, 0.3) is 0 Å². The van der Waals surface area contributed by atoms with Gasteiger partial charge in [-0.05, 0) is 81.3 Å². The number of piperidine rings is 1. The van der Waals surface area contributed by atoms with Crippen molar-refractivity contribution >= 4 is 12.0 Å². The minimum absolute atomic E-state index is 0.0543. The predicted molar refractivity (Wildman–Crippen MR) is 106 cm³/mol. The number of benzene rings is 1. The highest BCUT2D eigenvalue weighted by Gasteiger charge is 2.55. The van der Waals surface area contributed by atoms with Gasteiger partial charge in [-0.2, -0.15) is 0 Å². The minimum atomic E-state index is -0.405. The third-order valence-electron chi connectivity index (χ3n) is 7.55. The van der Waals surface area contributed by atoms with Crippen LogP contribution in [0.3, 0.4) is 0 Å². The lowest BCUT2D eigenvalue weighted by atomic mass is 9.49. The Bertz CT molecular complexity index is 704. The zero-order valence-electron chi connectivity index (χ0n) is 16.4. The lowest BCUT2D eigenvalue weighted by molar-refractivity contribution is -0.158. The number of hydrogen-bond donors (Lipinski definition) is 1. The van der Waals surface area contributed by atoms with E-state index in [1.807, 2.05) is 18.2 Å². The first-order valence-corrected chi connectivity index (χ1v) is 10.9. The van der Waals surface area contributed by atoms with Crippen molar-refractivity contribution in [2.75, 3.05) is 13.1 Å². The summed E-state index contributed by atoms with van der Waals surface area (Å²) in [5.74, 6) is 3.35. The number of likely N-dealkylation sites (tertiary alicyclic amines) is 1. The normalized spacial score (nSPS) is 34.3. The van der Waals surface area contributed by atoms with Gasteiger partial charge in [0.05, 0.1) is 5.41 Å². The van der Waals surface area contributed by atoms with Gasteiger partial charge in [0.2, 0.25) is 5.91 Å². The van der Waals surface area contributed by atoms with Crippen LogP contribution in [-0.2, 0) is 4.79 Å². The van der Waals surface area contributed by atoms with Gasteiger partial charge in [-0.3, -0.25) is 4.79 Å². The Morgan fingerprint density at radius 1 is 0.929 bits per heavy atom. The highest BCUT2D eigenvalue weighted by atomic mass is 16.6. The van der Waals surface area contributed by atoms with Crippen LogP contribution in [0.15, 0.2) is 30.3 Å². The second-order valence-corrected chi connectivity index (χ2v) is 9.61. The maximum Gasteiger partial charge on any atom is 0.412 e. The van der Waals surface area contributed by atoms with Crippen LogP contribution in [0.2, 0.25) is 0 Å². The molecule has 4 saturated carbocycles. The molecule has 4 bridgehead atoms. The van der Waals surface area contributed by atoms with Crippen LogP contribution in [-0.4, -0.2) is 36.0 Å². The second-order valence-electron chi connectivity index (χ2n) is 9.61. The van der Waals surface area contributed by atoms with E-state index in [1.165, 1.54) is 19.3 Å². The molecular formula is C23H30N2O3. The van der Waals surface area contributed by atoms with Crippen molar-refractivity contribution in [2.45, 2.75) is 57.4 Å². The quantitative estimate of drug-likeness (QED) is 0.860. The summed E-state index contributed by atoms with van der Waals surface area (Å²) in [6, 6.07) is 9.20. The summed E-state index contributed by atoms with van der Waals surface area (Å²) < 4.78 is 5.33. The molecule has 1 aliphatic heterocycles. The van der Waals surface area contributed by atoms with E-state index in [2.05, 4.69) is 10.2 Å². The molecule has 0 aromatic heterocycles. The van der Waals surface area contributed by atoms with Crippen LogP contribution in [0.1, 0.15) is 51.4 Å². The molecule has 0 spiro atoms. The standard InChI is InChI=1S/C23H30N2O3/c26-21(23-13-16-10-17(14-23)12-18(11-16)15-23)25-8-6-19(7-9-25)24-22(27)28-20-4-2-1-3-5-20/h1-5,16-19H,6-15H2,(H,24,27). The van der Waals surface area contributed by atoms with E-state index in [0.29, 0.717) is 11.7 Å². The Hall–Kier alpha value is -2.04. The van der Waals surface area contributed by atoms with E-state index in [9.17, 15) is 9.59 Å². The number of carbonyl (C=O) groups is 2. The number of hydrogen-bond acceptors (Lipinski definition) is 3. The number of nitrogens with zero attached hydrogens (tertiary/aromatic N) is 1. The third kappa shape index (κ3) is 3.40. The summed E-state index contributed by atoms with van der Waals surface area (Å²) in [7, 11) is 0. The van der Waals surface area contributed by atoms with Crippen LogP contribution in [0.5, 0.6) is 5.75 Å². The van der Waals surface area contributed by atoms with E-state index in [-0.39, 0.29) is 11.5 Å². The van der Waals surface area contributed by atoms with Crippen molar-refractivity contribution in [3.8, 4) is 5.75 Å². The topological polar surface area (TPSA) is 58.6 Å². The first-order chi connectivity index (χ1) is 13.6. The molecule has 5 aliphatic rings. The molecule has 1 aromatic rings. The van der Waals surface area contributed by atoms with Crippen molar-refractivity contribution in [2.24, 2.45) is 23.2 Å². The number of carbonyl (C=O) groups excluding carboxylic acids is 2. The maximum absolute atomic E-state index is 13.4. The highest BCUT2D eigenvalue weighted by molar-refractivity contribution is 5.83. The molecule has 0 atom stereocenters. The van der Waals surface area contributed by atoms with Gasteiger partial charge in [0, 0.05) is 19.1 Å². The average molecular weight is 383 g/mol. The third-order valence-corrected chi connectivity index (χ3v) is 7.55. The molecule has 5 heteroatoms. The second kappa shape index (κ2) is 7.09. The molecule has 28 heavy (non-hydrogen) atoms. The minimum Gasteiger partial charge on any atom is -0.410 e. The Kier molecular flexibility index (Phi) is 4.56. The van der Waals surface area contributed by atoms with Crippen LogP contribution in [0, 0.1) is 23.2 Å². The maximum atomic E-state index is 13.4. The Balaban J connectivity index is 1.14. The van der Waals surface area contributed by atoms with Gasteiger partial charge in [-0.1, -0.05) is 18.2 Å². The van der Waals surface area contributed by atoms with E-state index < -0.39 is 6.09 Å². The molecule has 4 aliphatic carbocycles. The van der Waals surface area contributed by atoms with Gasteiger partial charge in [0.25, 0.3) is 0 Å². The summed E-state index contributed by atoms with van der Waals surface area (Å²) in [6.07, 6.45) is 8.67. The average Bonchev–Trinajstić information content (AvgIpc) is 2.68. The zero-order chi connectivity index (χ0) is 19.1. The van der Waals surface area contributed by atoms with Crippen molar-refractivity contribution in [1.82, 2.24) is 10.2 Å². The number of para-hydroxylation sites is 1. The first kappa shape index (κ1) is 18.0. The Morgan fingerprint density at radius 2 is 1.50 bits per heavy atom. The molecule has 6 rings (SSSR count). The summed E-state index contributed by atoms with van der Waals surface area (Å²) in [4.78, 5) is 27.6. The molecule has 0 radical (unpaired) electrons. The monoisotopic (exact) mass is 382 g/mol. The van der Waals surface area contributed by atoms with E-state index >= 15 is 0 Å². The van der Waals surface area contributed by atoms with Crippen molar-refractivity contribution in [3.63, 3.8) is 0 Å². The van der Waals surface area contributed by atoms with Gasteiger partial charge in [-0.25, -0.2) is 4.79 Å². The van der Waals surface area contributed by atoms with Gasteiger partial charge in [-0.15, -0.1) is 0 Å². The Labute approximate surface area is 166 Å². The highest BCUT2D eigenvalue weighted by Crippen LogP contribution is 2.60. The molecule has 1 heterocycles. The molecule has 1 N–H and O–H groups in total.